The van der Waals surface area contributed by atoms with Crippen molar-refractivity contribution in [1.82, 2.24) is 0 Å². The lowest BCUT2D eigenvalue weighted by molar-refractivity contribution is 0.601. The van der Waals surface area contributed by atoms with E-state index in [0.29, 0.717) is 4.90 Å². The summed E-state index contributed by atoms with van der Waals surface area (Å²) < 4.78 is 23.2. The topological polar surface area (TPSA) is 34.1 Å². The Morgan fingerprint density at radius 2 is 1.80 bits per heavy atom. The van der Waals surface area contributed by atoms with E-state index in [0.717, 1.165) is 9.37 Å². The molecule has 0 fully saturated rings. The van der Waals surface area contributed by atoms with Crippen molar-refractivity contribution in [3.63, 3.8) is 0 Å². The van der Waals surface area contributed by atoms with Crippen molar-refractivity contribution in [2.24, 2.45) is 0 Å². The van der Waals surface area contributed by atoms with E-state index in [-0.39, 0.29) is 0 Å². The van der Waals surface area contributed by atoms with Gasteiger partial charge in [0.1, 0.15) is 0 Å². The number of hydrogen-bond acceptors (Lipinski definition) is 3. The van der Waals surface area contributed by atoms with Gasteiger partial charge < -0.3 is 0 Å². The molecule has 0 bridgehead atoms. The van der Waals surface area contributed by atoms with E-state index >= 15 is 0 Å². The van der Waals surface area contributed by atoms with E-state index in [1.54, 1.807) is 12.1 Å². The van der Waals surface area contributed by atoms with Gasteiger partial charge in [0.05, 0.1) is 4.90 Å². The summed E-state index contributed by atoms with van der Waals surface area (Å²) in [4.78, 5) is 1.29. The molecule has 1 rings (SSSR count). The first-order chi connectivity index (χ1) is 6.93. The van der Waals surface area contributed by atoms with Gasteiger partial charge in [-0.3, -0.25) is 0 Å². The van der Waals surface area contributed by atoms with Crippen LogP contribution < -0.4 is 0 Å². The highest BCUT2D eigenvalue weighted by atomic mass is 79.9. The molecule has 5 heteroatoms. The molecular weight excluding hydrogens is 296 g/mol. The molecule has 0 aliphatic rings. The molecule has 0 heterocycles. The third-order valence-corrected chi connectivity index (χ3v) is 3.77. The van der Waals surface area contributed by atoms with Crippen molar-refractivity contribution in [3.8, 4) is 0 Å². The van der Waals surface area contributed by atoms with Gasteiger partial charge in [0.25, 0.3) is 0 Å². The normalized spacial score (nSPS) is 10.3. The maximum absolute atomic E-state index is 11.2. The Morgan fingerprint density at radius 3 is 2.20 bits per heavy atom. The standard InChI is InChI=1S/C8H9BrO2S2.C2H4/c1-12-7-3-6(9)4-8(5-7)13(2,10)11;1-2/h3-5H,1-2H3;1-2H2. The van der Waals surface area contributed by atoms with Crippen LogP contribution in [0.15, 0.2) is 45.6 Å². The highest BCUT2D eigenvalue weighted by Gasteiger charge is 2.08. The quantitative estimate of drug-likeness (QED) is 0.620. The molecule has 2 nitrogen and oxygen atoms in total. The van der Waals surface area contributed by atoms with Gasteiger partial charge in [-0.1, -0.05) is 15.9 Å². The monoisotopic (exact) mass is 308 g/mol. The maximum Gasteiger partial charge on any atom is 0.175 e. The van der Waals surface area contributed by atoms with Crippen molar-refractivity contribution >= 4 is 37.5 Å². The molecule has 0 amide bonds. The maximum atomic E-state index is 11.2. The minimum atomic E-state index is -3.10. The molecule has 1 aromatic rings. The van der Waals surface area contributed by atoms with Gasteiger partial charge in [0, 0.05) is 15.6 Å². The molecule has 0 N–H and O–H groups in total. The van der Waals surface area contributed by atoms with Crippen LogP contribution in [-0.2, 0) is 9.84 Å². The van der Waals surface area contributed by atoms with Crippen LogP contribution in [0.3, 0.4) is 0 Å². The van der Waals surface area contributed by atoms with Crippen LogP contribution in [0.5, 0.6) is 0 Å². The average Bonchev–Trinajstić information content (AvgIpc) is 2.18. The van der Waals surface area contributed by atoms with E-state index in [2.05, 4.69) is 29.1 Å². The van der Waals surface area contributed by atoms with Crippen LogP contribution in [-0.4, -0.2) is 20.9 Å². The summed E-state index contributed by atoms with van der Waals surface area (Å²) in [5.74, 6) is 0. The van der Waals surface area contributed by atoms with E-state index in [1.807, 2.05) is 12.3 Å². The minimum Gasteiger partial charge on any atom is -0.224 e. The van der Waals surface area contributed by atoms with Gasteiger partial charge in [-0.05, 0) is 24.5 Å². The second-order valence-electron chi connectivity index (χ2n) is 2.60. The van der Waals surface area contributed by atoms with Gasteiger partial charge in [-0.25, -0.2) is 8.42 Å². The third kappa shape index (κ3) is 4.86. The van der Waals surface area contributed by atoms with Gasteiger partial charge >= 0.3 is 0 Å². The fourth-order valence-electron chi connectivity index (χ4n) is 0.869. The fourth-order valence-corrected chi connectivity index (χ4v) is 2.91. The van der Waals surface area contributed by atoms with Gasteiger partial charge in [0.2, 0.25) is 0 Å². The first kappa shape index (κ1) is 14.7. The predicted molar refractivity (Wildman–Crippen MR) is 70.3 cm³/mol. The van der Waals surface area contributed by atoms with Gasteiger partial charge in [-0.15, -0.1) is 24.9 Å². The SMILES string of the molecule is C=C.CSc1cc(Br)cc(S(C)(=O)=O)c1. The Kier molecular flexibility index (Phi) is 6.24. The second-order valence-corrected chi connectivity index (χ2v) is 6.41. The largest absolute Gasteiger partial charge is 0.224 e. The number of hydrogen-bond donors (Lipinski definition) is 0. The van der Waals surface area contributed by atoms with E-state index in [4.69, 9.17) is 0 Å². The second kappa shape index (κ2) is 6.35. The Labute approximate surface area is 104 Å². The predicted octanol–water partition coefficient (Wildman–Crippen LogP) is 3.38. The zero-order valence-corrected chi connectivity index (χ0v) is 11.9. The summed E-state index contributed by atoms with van der Waals surface area (Å²) >= 11 is 4.79. The molecule has 0 radical (unpaired) electrons. The molecular formula is C10H13BrO2S2. The molecule has 0 aromatic heterocycles. The average molecular weight is 309 g/mol. The molecule has 0 saturated heterocycles. The summed E-state index contributed by atoms with van der Waals surface area (Å²) in [6, 6.07) is 5.17. The van der Waals surface area contributed by atoms with Gasteiger partial charge in [0.15, 0.2) is 9.84 Å². The van der Waals surface area contributed by atoms with Crippen LogP contribution >= 0.6 is 27.7 Å². The van der Waals surface area contributed by atoms with Crippen molar-refractivity contribution < 1.29 is 8.42 Å². The highest BCUT2D eigenvalue weighted by molar-refractivity contribution is 9.10. The Morgan fingerprint density at radius 1 is 1.27 bits per heavy atom. The first-order valence-electron chi connectivity index (χ1n) is 3.98. The van der Waals surface area contributed by atoms with Crippen LogP contribution in [0.2, 0.25) is 0 Å². The summed E-state index contributed by atoms with van der Waals surface area (Å²) in [6.45, 7) is 6.00. The number of sulfone groups is 1. The molecule has 0 aliphatic carbocycles. The number of benzene rings is 1. The molecule has 0 unspecified atom stereocenters. The van der Waals surface area contributed by atoms with Crippen molar-refractivity contribution in [2.45, 2.75) is 9.79 Å². The molecule has 0 spiro atoms. The smallest absolute Gasteiger partial charge is 0.175 e. The Bertz CT molecular complexity index is 427. The highest BCUT2D eigenvalue weighted by Crippen LogP contribution is 2.24. The summed E-state index contributed by atoms with van der Waals surface area (Å²) in [7, 11) is -3.10. The van der Waals surface area contributed by atoms with E-state index < -0.39 is 9.84 Å². The molecule has 0 saturated carbocycles. The molecule has 15 heavy (non-hydrogen) atoms. The Balaban J connectivity index is 0.000000921. The van der Waals surface area contributed by atoms with Crippen LogP contribution in [0.25, 0.3) is 0 Å². The molecule has 0 atom stereocenters. The van der Waals surface area contributed by atoms with Crippen molar-refractivity contribution in [1.29, 1.82) is 0 Å². The lowest BCUT2D eigenvalue weighted by atomic mass is 10.4. The molecule has 0 aliphatic heterocycles. The lowest BCUT2D eigenvalue weighted by Crippen LogP contribution is -1.96. The number of thioether (sulfide) groups is 1. The molecule has 84 valence electrons. The Hall–Kier alpha value is -0.260. The zero-order chi connectivity index (χ0) is 12.1. The van der Waals surface area contributed by atoms with Crippen LogP contribution in [0, 0.1) is 0 Å². The van der Waals surface area contributed by atoms with E-state index in [1.165, 1.54) is 18.0 Å². The minimum absolute atomic E-state index is 0.353. The summed E-state index contributed by atoms with van der Waals surface area (Å²) in [5.41, 5.74) is 0. The third-order valence-electron chi connectivity index (χ3n) is 1.51. The summed E-state index contributed by atoms with van der Waals surface area (Å²) in [5, 5.41) is 0. The van der Waals surface area contributed by atoms with Crippen LogP contribution in [0.1, 0.15) is 0 Å². The van der Waals surface area contributed by atoms with Crippen LogP contribution in [0.4, 0.5) is 0 Å². The van der Waals surface area contributed by atoms with Crippen molar-refractivity contribution in [2.75, 3.05) is 12.5 Å². The molecule has 1 aromatic carbocycles. The number of halogens is 1. The first-order valence-corrected chi connectivity index (χ1v) is 7.89. The van der Waals surface area contributed by atoms with E-state index in [9.17, 15) is 8.42 Å². The summed E-state index contributed by atoms with van der Waals surface area (Å²) in [6.07, 6.45) is 3.12. The van der Waals surface area contributed by atoms with Gasteiger partial charge in [-0.2, -0.15) is 0 Å². The van der Waals surface area contributed by atoms with Crippen molar-refractivity contribution in [3.05, 3.63) is 35.8 Å². The fraction of sp³-hybridized carbons (Fsp3) is 0.200. The number of rotatable bonds is 2. The zero-order valence-electron chi connectivity index (χ0n) is 8.66. The lowest BCUT2D eigenvalue weighted by Gasteiger charge is -2.02.